The van der Waals surface area contributed by atoms with E-state index in [0.717, 1.165) is 11.1 Å². The van der Waals surface area contributed by atoms with Crippen molar-refractivity contribution in [2.24, 2.45) is 0 Å². The molecule has 1 aromatic carbocycles. The number of thiazole rings is 1. The average Bonchev–Trinajstić information content (AvgIpc) is 2.70. The van der Waals surface area contributed by atoms with Gasteiger partial charge in [-0.1, -0.05) is 24.3 Å². The van der Waals surface area contributed by atoms with Gasteiger partial charge in [0.1, 0.15) is 0 Å². The van der Waals surface area contributed by atoms with E-state index in [1.54, 1.807) is 6.20 Å². The van der Waals surface area contributed by atoms with Gasteiger partial charge >= 0.3 is 0 Å². The SMILES string of the molecule is Cc1ccccc1C(=O)c1nccs1. The first kappa shape index (κ1) is 9.09. The summed E-state index contributed by atoms with van der Waals surface area (Å²) in [5.41, 5.74) is 1.73. The first-order valence-corrected chi connectivity index (χ1v) is 5.17. The molecule has 0 fully saturated rings. The Morgan fingerprint density at radius 3 is 2.79 bits per heavy atom. The van der Waals surface area contributed by atoms with Crippen molar-refractivity contribution >= 4 is 17.1 Å². The zero-order valence-electron chi connectivity index (χ0n) is 7.73. The fraction of sp³-hybridized carbons (Fsp3) is 0.0909. The zero-order valence-corrected chi connectivity index (χ0v) is 8.54. The number of ketones is 1. The highest BCUT2D eigenvalue weighted by molar-refractivity contribution is 7.11. The Hall–Kier alpha value is -1.48. The molecule has 0 saturated heterocycles. The molecule has 0 aliphatic rings. The molecule has 0 amide bonds. The lowest BCUT2D eigenvalue weighted by Gasteiger charge is -2.00. The molecule has 0 bridgehead atoms. The molecule has 1 heterocycles. The van der Waals surface area contributed by atoms with Gasteiger partial charge in [0.05, 0.1) is 0 Å². The standard InChI is InChI=1S/C11H9NOS/c1-8-4-2-3-5-9(8)10(13)11-12-6-7-14-11/h2-7H,1H3. The van der Waals surface area contributed by atoms with Gasteiger partial charge in [-0.15, -0.1) is 11.3 Å². The van der Waals surface area contributed by atoms with Crippen molar-refractivity contribution in [2.75, 3.05) is 0 Å². The maximum absolute atomic E-state index is 11.9. The van der Waals surface area contributed by atoms with Crippen molar-refractivity contribution in [3.8, 4) is 0 Å². The molecule has 70 valence electrons. The number of hydrogen-bond acceptors (Lipinski definition) is 3. The van der Waals surface area contributed by atoms with Gasteiger partial charge in [0.2, 0.25) is 5.78 Å². The Morgan fingerprint density at radius 1 is 1.36 bits per heavy atom. The molecular formula is C11H9NOS. The molecule has 2 aromatic rings. The second-order valence-electron chi connectivity index (χ2n) is 2.98. The van der Waals surface area contributed by atoms with E-state index in [9.17, 15) is 4.79 Å². The molecule has 0 saturated carbocycles. The number of benzene rings is 1. The summed E-state index contributed by atoms with van der Waals surface area (Å²) in [6.45, 7) is 1.93. The van der Waals surface area contributed by atoms with E-state index in [1.807, 2.05) is 36.6 Å². The van der Waals surface area contributed by atoms with E-state index >= 15 is 0 Å². The zero-order chi connectivity index (χ0) is 9.97. The van der Waals surface area contributed by atoms with Gasteiger partial charge in [0.25, 0.3) is 0 Å². The van der Waals surface area contributed by atoms with Crippen LogP contribution in [0.15, 0.2) is 35.8 Å². The van der Waals surface area contributed by atoms with E-state index in [-0.39, 0.29) is 5.78 Å². The van der Waals surface area contributed by atoms with Crippen LogP contribution in [0.3, 0.4) is 0 Å². The highest BCUT2D eigenvalue weighted by Crippen LogP contribution is 2.15. The number of hydrogen-bond donors (Lipinski definition) is 0. The van der Waals surface area contributed by atoms with Crippen LogP contribution < -0.4 is 0 Å². The van der Waals surface area contributed by atoms with Crippen LogP contribution in [0.1, 0.15) is 20.9 Å². The molecule has 2 nitrogen and oxygen atoms in total. The number of carbonyl (C=O) groups is 1. The molecule has 14 heavy (non-hydrogen) atoms. The molecule has 0 aliphatic heterocycles. The van der Waals surface area contributed by atoms with Gasteiger partial charge in [0, 0.05) is 17.1 Å². The second kappa shape index (κ2) is 3.72. The predicted octanol–water partition coefficient (Wildman–Crippen LogP) is 2.68. The van der Waals surface area contributed by atoms with Crippen LogP contribution in [0.2, 0.25) is 0 Å². The van der Waals surface area contributed by atoms with E-state index in [1.165, 1.54) is 11.3 Å². The third kappa shape index (κ3) is 1.59. The second-order valence-corrected chi connectivity index (χ2v) is 3.88. The maximum atomic E-state index is 11.9. The van der Waals surface area contributed by atoms with Crippen molar-refractivity contribution in [3.05, 3.63) is 52.0 Å². The topological polar surface area (TPSA) is 30.0 Å². The van der Waals surface area contributed by atoms with Gasteiger partial charge in [0.15, 0.2) is 5.01 Å². The van der Waals surface area contributed by atoms with Crippen LogP contribution in [-0.4, -0.2) is 10.8 Å². The van der Waals surface area contributed by atoms with Gasteiger partial charge in [-0.25, -0.2) is 4.98 Å². The minimum Gasteiger partial charge on any atom is -0.286 e. The monoisotopic (exact) mass is 203 g/mol. The predicted molar refractivity (Wildman–Crippen MR) is 56.7 cm³/mol. The third-order valence-corrected chi connectivity index (χ3v) is 2.79. The Kier molecular flexibility index (Phi) is 2.41. The lowest BCUT2D eigenvalue weighted by Crippen LogP contribution is -2.02. The van der Waals surface area contributed by atoms with Crippen molar-refractivity contribution in [3.63, 3.8) is 0 Å². The lowest BCUT2D eigenvalue weighted by atomic mass is 10.1. The summed E-state index contributed by atoms with van der Waals surface area (Å²) < 4.78 is 0. The number of rotatable bonds is 2. The van der Waals surface area contributed by atoms with Crippen LogP contribution in [0.5, 0.6) is 0 Å². The largest absolute Gasteiger partial charge is 0.286 e. The van der Waals surface area contributed by atoms with Crippen LogP contribution >= 0.6 is 11.3 Å². The highest BCUT2D eigenvalue weighted by Gasteiger charge is 2.12. The van der Waals surface area contributed by atoms with E-state index in [2.05, 4.69) is 4.98 Å². The van der Waals surface area contributed by atoms with Crippen LogP contribution in [0, 0.1) is 6.92 Å². The van der Waals surface area contributed by atoms with Crippen LogP contribution in [0.4, 0.5) is 0 Å². The minimum atomic E-state index is 0.0121. The molecule has 3 heteroatoms. The summed E-state index contributed by atoms with van der Waals surface area (Å²) in [5.74, 6) is 0.0121. The molecule has 0 aliphatic carbocycles. The van der Waals surface area contributed by atoms with Gasteiger partial charge in [-0.3, -0.25) is 4.79 Å². The highest BCUT2D eigenvalue weighted by atomic mass is 32.1. The normalized spacial score (nSPS) is 10.1. The van der Waals surface area contributed by atoms with Crippen LogP contribution in [0.25, 0.3) is 0 Å². The smallest absolute Gasteiger partial charge is 0.221 e. The average molecular weight is 203 g/mol. The summed E-state index contributed by atoms with van der Waals surface area (Å²) in [5, 5.41) is 2.37. The van der Waals surface area contributed by atoms with E-state index < -0.39 is 0 Å². The van der Waals surface area contributed by atoms with Gasteiger partial charge in [-0.2, -0.15) is 0 Å². The Labute approximate surface area is 86.2 Å². The summed E-state index contributed by atoms with van der Waals surface area (Å²) >= 11 is 1.37. The summed E-state index contributed by atoms with van der Waals surface area (Å²) in [4.78, 5) is 15.9. The summed E-state index contributed by atoms with van der Waals surface area (Å²) in [6.07, 6.45) is 1.65. The Bertz CT molecular complexity index is 448. The number of carbonyl (C=O) groups excluding carboxylic acids is 1. The summed E-state index contributed by atoms with van der Waals surface area (Å²) in [6, 6.07) is 7.56. The quantitative estimate of drug-likeness (QED) is 0.702. The minimum absolute atomic E-state index is 0.0121. The third-order valence-electron chi connectivity index (χ3n) is 2.02. The van der Waals surface area contributed by atoms with Crippen molar-refractivity contribution in [2.45, 2.75) is 6.92 Å². The first-order chi connectivity index (χ1) is 6.79. The van der Waals surface area contributed by atoms with Gasteiger partial charge in [-0.05, 0) is 12.5 Å². The fourth-order valence-corrected chi connectivity index (χ4v) is 1.87. The van der Waals surface area contributed by atoms with Gasteiger partial charge < -0.3 is 0 Å². The lowest BCUT2D eigenvalue weighted by molar-refractivity contribution is 0.103. The molecule has 1 aromatic heterocycles. The maximum Gasteiger partial charge on any atom is 0.221 e. The first-order valence-electron chi connectivity index (χ1n) is 4.29. The van der Waals surface area contributed by atoms with Crippen LogP contribution in [-0.2, 0) is 0 Å². The molecule has 2 rings (SSSR count). The molecule has 0 radical (unpaired) electrons. The Balaban J connectivity index is 2.42. The number of aromatic nitrogens is 1. The number of aryl methyl sites for hydroxylation is 1. The van der Waals surface area contributed by atoms with Crippen molar-refractivity contribution < 1.29 is 4.79 Å². The molecular weight excluding hydrogens is 194 g/mol. The molecule has 0 unspecified atom stereocenters. The Morgan fingerprint density at radius 2 is 2.14 bits per heavy atom. The van der Waals surface area contributed by atoms with E-state index in [4.69, 9.17) is 0 Å². The summed E-state index contributed by atoms with van der Waals surface area (Å²) in [7, 11) is 0. The number of nitrogens with zero attached hydrogens (tertiary/aromatic N) is 1. The fourth-order valence-electron chi connectivity index (χ4n) is 1.28. The van der Waals surface area contributed by atoms with Crippen molar-refractivity contribution in [1.29, 1.82) is 0 Å². The van der Waals surface area contributed by atoms with E-state index in [0.29, 0.717) is 5.01 Å². The molecule has 0 atom stereocenters. The van der Waals surface area contributed by atoms with Crippen molar-refractivity contribution in [1.82, 2.24) is 4.98 Å². The molecule has 0 spiro atoms. The molecule has 0 N–H and O–H groups in total.